The zero-order valence-corrected chi connectivity index (χ0v) is 33.5. The van der Waals surface area contributed by atoms with Crippen molar-refractivity contribution in [2.75, 3.05) is 13.2 Å². The van der Waals surface area contributed by atoms with Gasteiger partial charge >= 0.3 is 0 Å². The first kappa shape index (κ1) is 46.9. The summed E-state index contributed by atoms with van der Waals surface area (Å²) in [6, 6.07) is 0. The summed E-state index contributed by atoms with van der Waals surface area (Å²) >= 11 is 0. The van der Waals surface area contributed by atoms with Crippen LogP contribution in [0.15, 0.2) is 0 Å². The molecule has 0 aliphatic heterocycles. The maximum Gasteiger partial charge on any atom is 0.0487 e. The number of hydrogen-bond donors (Lipinski definition) is 2. The highest BCUT2D eigenvalue weighted by molar-refractivity contribution is 4.90. The van der Waals surface area contributed by atoms with E-state index >= 15 is 0 Å². The maximum atomic E-state index is 11.2. The number of unbranched alkanes of at least 4 members (excludes halogenated alkanes) is 28. The molecule has 0 spiro atoms. The van der Waals surface area contributed by atoms with Crippen molar-refractivity contribution < 1.29 is 10.2 Å². The third-order valence-corrected chi connectivity index (χ3v) is 11.7. The number of rotatable bonds is 40. The topological polar surface area (TPSA) is 40.5 Å². The standard InChI is InChI=1S/C45H92O2/c1-5-9-13-17-21-25-29-33-37-44(42-46,38-34-30-26-22-18-14-10-6-2)41-45(43-47,39-35-31-27-23-19-15-11-7-3)40-36-32-28-24-20-16-12-8-4/h46-47H,5-43H2,1-4H3. The van der Waals surface area contributed by atoms with Gasteiger partial charge in [0.15, 0.2) is 0 Å². The van der Waals surface area contributed by atoms with Crippen LogP contribution < -0.4 is 0 Å². The van der Waals surface area contributed by atoms with Crippen molar-refractivity contribution in [3.8, 4) is 0 Å². The Bertz CT molecular complexity index is 497. The van der Waals surface area contributed by atoms with E-state index in [0.29, 0.717) is 13.2 Å². The molecule has 284 valence electrons. The van der Waals surface area contributed by atoms with Gasteiger partial charge in [-0.2, -0.15) is 0 Å². The van der Waals surface area contributed by atoms with E-state index in [4.69, 9.17) is 0 Å². The van der Waals surface area contributed by atoms with Gasteiger partial charge in [0.1, 0.15) is 0 Å². The Labute approximate surface area is 298 Å². The van der Waals surface area contributed by atoms with Gasteiger partial charge in [0, 0.05) is 13.2 Å². The van der Waals surface area contributed by atoms with Crippen molar-refractivity contribution in [2.45, 2.75) is 265 Å². The predicted octanol–water partition coefficient (Wildman–Crippen LogP) is 15.5. The van der Waals surface area contributed by atoms with Crippen molar-refractivity contribution in [1.82, 2.24) is 0 Å². The van der Waals surface area contributed by atoms with Gasteiger partial charge in [0.2, 0.25) is 0 Å². The minimum Gasteiger partial charge on any atom is -0.396 e. The Kier molecular flexibility index (Phi) is 35.7. The molecule has 0 aromatic heterocycles. The summed E-state index contributed by atoms with van der Waals surface area (Å²) in [6.07, 6.45) is 48.8. The van der Waals surface area contributed by atoms with Gasteiger partial charge in [0.25, 0.3) is 0 Å². The van der Waals surface area contributed by atoms with Gasteiger partial charge in [0.05, 0.1) is 0 Å². The minimum atomic E-state index is -0.00649. The lowest BCUT2D eigenvalue weighted by molar-refractivity contribution is -0.00339. The Hall–Kier alpha value is -0.0800. The van der Waals surface area contributed by atoms with Crippen LogP contribution in [0, 0.1) is 10.8 Å². The molecular weight excluding hydrogens is 572 g/mol. The Morgan fingerprint density at radius 3 is 0.596 bits per heavy atom. The van der Waals surface area contributed by atoms with Crippen LogP contribution in [0.3, 0.4) is 0 Å². The summed E-state index contributed by atoms with van der Waals surface area (Å²) < 4.78 is 0. The molecule has 47 heavy (non-hydrogen) atoms. The van der Waals surface area contributed by atoms with Gasteiger partial charge in [-0.25, -0.2) is 0 Å². The van der Waals surface area contributed by atoms with Crippen LogP contribution in [-0.4, -0.2) is 23.4 Å². The molecule has 0 atom stereocenters. The Balaban J connectivity index is 5.39. The molecule has 2 nitrogen and oxygen atoms in total. The summed E-state index contributed by atoms with van der Waals surface area (Å²) in [7, 11) is 0. The highest BCUT2D eigenvalue weighted by atomic mass is 16.3. The van der Waals surface area contributed by atoms with E-state index in [1.54, 1.807) is 0 Å². The number of aliphatic hydroxyl groups excluding tert-OH is 2. The lowest BCUT2D eigenvalue weighted by Crippen LogP contribution is -2.37. The van der Waals surface area contributed by atoms with Crippen LogP contribution in [-0.2, 0) is 0 Å². The van der Waals surface area contributed by atoms with E-state index in [1.165, 1.54) is 205 Å². The fourth-order valence-corrected chi connectivity index (χ4v) is 8.36. The van der Waals surface area contributed by atoms with Gasteiger partial charge in [-0.3, -0.25) is 0 Å². The second kappa shape index (κ2) is 35.7. The van der Waals surface area contributed by atoms with Gasteiger partial charge in [-0.05, 0) is 42.9 Å². The fourth-order valence-electron chi connectivity index (χ4n) is 8.36. The quantitative estimate of drug-likeness (QED) is 0.0640. The van der Waals surface area contributed by atoms with Gasteiger partial charge in [-0.15, -0.1) is 0 Å². The van der Waals surface area contributed by atoms with Crippen molar-refractivity contribution in [3.05, 3.63) is 0 Å². The summed E-state index contributed by atoms with van der Waals surface area (Å²) in [6.45, 7) is 9.84. The zero-order valence-electron chi connectivity index (χ0n) is 33.5. The molecule has 0 heterocycles. The molecular formula is C45H92O2. The van der Waals surface area contributed by atoms with Crippen LogP contribution in [0.5, 0.6) is 0 Å². The number of aliphatic hydroxyl groups is 2. The minimum absolute atomic E-state index is 0.00649. The molecule has 0 aromatic rings. The number of hydrogen-bond acceptors (Lipinski definition) is 2. The van der Waals surface area contributed by atoms with Crippen LogP contribution >= 0.6 is 0 Å². The first-order valence-electron chi connectivity index (χ1n) is 22.3. The van der Waals surface area contributed by atoms with E-state index in [0.717, 1.165) is 32.1 Å². The van der Waals surface area contributed by atoms with E-state index in [1.807, 2.05) is 0 Å². The third-order valence-electron chi connectivity index (χ3n) is 11.7. The molecule has 0 aliphatic rings. The van der Waals surface area contributed by atoms with Gasteiger partial charge in [-0.1, -0.05) is 233 Å². The molecule has 0 amide bonds. The average Bonchev–Trinajstić information content (AvgIpc) is 3.09. The summed E-state index contributed by atoms with van der Waals surface area (Å²) in [5, 5.41) is 22.4. The van der Waals surface area contributed by atoms with Crippen molar-refractivity contribution in [1.29, 1.82) is 0 Å². The van der Waals surface area contributed by atoms with Crippen molar-refractivity contribution >= 4 is 0 Å². The third kappa shape index (κ3) is 28.3. The first-order valence-corrected chi connectivity index (χ1v) is 22.3. The maximum absolute atomic E-state index is 11.2. The molecule has 0 fully saturated rings. The van der Waals surface area contributed by atoms with E-state index in [9.17, 15) is 10.2 Å². The first-order chi connectivity index (χ1) is 23.1. The monoisotopic (exact) mass is 665 g/mol. The molecule has 0 saturated heterocycles. The Morgan fingerprint density at radius 1 is 0.255 bits per heavy atom. The second-order valence-corrected chi connectivity index (χ2v) is 16.4. The van der Waals surface area contributed by atoms with E-state index in [2.05, 4.69) is 27.7 Å². The average molecular weight is 665 g/mol. The van der Waals surface area contributed by atoms with Crippen LogP contribution in [0.4, 0.5) is 0 Å². The second-order valence-electron chi connectivity index (χ2n) is 16.4. The van der Waals surface area contributed by atoms with Crippen molar-refractivity contribution in [2.24, 2.45) is 10.8 Å². The summed E-state index contributed by atoms with van der Waals surface area (Å²) in [5.74, 6) is 0. The van der Waals surface area contributed by atoms with Gasteiger partial charge < -0.3 is 10.2 Å². The molecule has 2 heteroatoms. The van der Waals surface area contributed by atoms with E-state index in [-0.39, 0.29) is 10.8 Å². The van der Waals surface area contributed by atoms with E-state index < -0.39 is 0 Å². The lowest BCUT2D eigenvalue weighted by Gasteiger charge is -2.43. The van der Waals surface area contributed by atoms with Crippen LogP contribution in [0.1, 0.15) is 265 Å². The predicted molar refractivity (Wildman–Crippen MR) is 213 cm³/mol. The molecule has 2 N–H and O–H groups in total. The van der Waals surface area contributed by atoms with Crippen molar-refractivity contribution in [3.63, 3.8) is 0 Å². The normalized spacial score (nSPS) is 12.4. The molecule has 0 rings (SSSR count). The van der Waals surface area contributed by atoms with Crippen LogP contribution in [0.25, 0.3) is 0 Å². The SMILES string of the molecule is CCCCCCCCCCC(CO)(CCCCCCCCCC)CC(CO)(CCCCCCCCCC)CCCCCCCCCC. The zero-order chi connectivity index (χ0) is 34.6. The molecule has 0 saturated carbocycles. The molecule has 0 bridgehead atoms. The largest absolute Gasteiger partial charge is 0.396 e. The highest BCUT2D eigenvalue weighted by Crippen LogP contribution is 2.47. The lowest BCUT2D eigenvalue weighted by atomic mass is 9.63. The fraction of sp³-hybridized carbons (Fsp3) is 1.00. The molecule has 0 aliphatic carbocycles. The van der Waals surface area contributed by atoms with Crippen LogP contribution in [0.2, 0.25) is 0 Å². The summed E-state index contributed by atoms with van der Waals surface area (Å²) in [5.41, 5.74) is -0.0130. The molecule has 0 radical (unpaired) electrons. The Morgan fingerprint density at radius 2 is 0.426 bits per heavy atom. The molecule has 0 aromatic carbocycles. The highest BCUT2D eigenvalue weighted by Gasteiger charge is 2.39. The summed E-state index contributed by atoms with van der Waals surface area (Å²) in [4.78, 5) is 0. The molecule has 0 unspecified atom stereocenters. The smallest absolute Gasteiger partial charge is 0.0487 e.